The minimum Gasteiger partial charge on any atom is -0.378 e. The Labute approximate surface area is 153 Å². The van der Waals surface area contributed by atoms with Gasteiger partial charge >= 0.3 is 0 Å². The molecule has 3 rings (SSSR count). The fourth-order valence-electron chi connectivity index (χ4n) is 2.57. The number of halogens is 2. The van der Waals surface area contributed by atoms with Crippen LogP contribution in [0.1, 0.15) is 6.42 Å². The first-order chi connectivity index (χ1) is 10.7. The summed E-state index contributed by atoms with van der Waals surface area (Å²) in [5, 5.41) is 6.22. The van der Waals surface area contributed by atoms with Gasteiger partial charge in [0.25, 0.3) is 0 Å². The van der Waals surface area contributed by atoms with E-state index in [4.69, 9.17) is 4.74 Å². The van der Waals surface area contributed by atoms with Gasteiger partial charge in [0.2, 0.25) is 5.91 Å². The van der Waals surface area contributed by atoms with Crippen molar-refractivity contribution in [3.8, 4) is 11.4 Å². The van der Waals surface area contributed by atoms with Crippen molar-refractivity contribution in [1.82, 2.24) is 14.9 Å². The van der Waals surface area contributed by atoms with Crippen LogP contribution in [0, 0.1) is 0 Å². The molecule has 8 heteroatoms. The molecular weight excluding hydrogens is 351 g/mol. The standard InChI is InChI=1S/C16H20N4O2.2ClH/c1-20-7-5-18-16(20)12-3-2-4-13(9-12)19-15(21)10-14-11-22-8-6-17-14;;/h2-5,7,9,14,17H,6,8,10-11H2,1H3,(H,19,21);2*1H. The minimum atomic E-state index is -0.0139. The number of imidazole rings is 1. The van der Waals surface area contributed by atoms with Crippen LogP contribution in [-0.2, 0) is 16.6 Å². The van der Waals surface area contributed by atoms with Gasteiger partial charge in [0.15, 0.2) is 0 Å². The second-order valence-electron chi connectivity index (χ2n) is 5.42. The summed E-state index contributed by atoms with van der Waals surface area (Å²) in [7, 11) is 1.95. The second kappa shape index (κ2) is 9.64. The number of anilines is 1. The molecule has 0 bridgehead atoms. The molecule has 2 N–H and O–H groups in total. The monoisotopic (exact) mass is 372 g/mol. The molecule has 0 radical (unpaired) electrons. The molecule has 1 saturated heterocycles. The summed E-state index contributed by atoms with van der Waals surface area (Å²) >= 11 is 0. The van der Waals surface area contributed by atoms with E-state index in [2.05, 4.69) is 15.6 Å². The summed E-state index contributed by atoms with van der Waals surface area (Å²) in [6.07, 6.45) is 4.07. The van der Waals surface area contributed by atoms with Crippen LogP contribution >= 0.6 is 24.8 Å². The van der Waals surface area contributed by atoms with Crippen LogP contribution in [-0.4, -0.2) is 41.3 Å². The van der Waals surface area contributed by atoms with E-state index in [0.29, 0.717) is 19.6 Å². The number of nitrogens with zero attached hydrogens (tertiary/aromatic N) is 2. The number of hydrogen-bond donors (Lipinski definition) is 2. The Morgan fingerprint density at radius 2 is 2.29 bits per heavy atom. The molecule has 0 spiro atoms. The Hall–Kier alpha value is -1.60. The number of carbonyl (C=O) groups is 1. The molecule has 2 aromatic rings. The first kappa shape index (κ1) is 20.4. The molecule has 6 nitrogen and oxygen atoms in total. The predicted molar refractivity (Wildman–Crippen MR) is 99.0 cm³/mol. The number of morpholine rings is 1. The number of carbonyl (C=O) groups excluding carboxylic acids is 1. The summed E-state index contributed by atoms with van der Waals surface area (Å²) in [5.41, 5.74) is 1.76. The Morgan fingerprint density at radius 1 is 1.46 bits per heavy atom. The van der Waals surface area contributed by atoms with E-state index < -0.39 is 0 Å². The van der Waals surface area contributed by atoms with E-state index in [-0.39, 0.29) is 36.8 Å². The van der Waals surface area contributed by atoms with Crippen LogP contribution in [0.4, 0.5) is 5.69 Å². The molecule has 0 aliphatic carbocycles. The van der Waals surface area contributed by atoms with Gasteiger partial charge in [-0.05, 0) is 12.1 Å². The maximum Gasteiger partial charge on any atom is 0.226 e. The number of nitrogens with one attached hydrogen (secondary N) is 2. The summed E-state index contributed by atoms with van der Waals surface area (Å²) in [6, 6.07) is 7.81. The van der Waals surface area contributed by atoms with Gasteiger partial charge in [-0.3, -0.25) is 4.79 Å². The van der Waals surface area contributed by atoms with Crippen LogP contribution < -0.4 is 10.6 Å². The molecule has 1 fully saturated rings. The first-order valence-electron chi connectivity index (χ1n) is 7.41. The summed E-state index contributed by atoms with van der Waals surface area (Å²) in [6.45, 7) is 2.09. The molecule has 2 heterocycles. The van der Waals surface area contributed by atoms with Crippen LogP contribution in [0.5, 0.6) is 0 Å². The average molecular weight is 373 g/mol. The van der Waals surface area contributed by atoms with E-state index in [0.717, 1.165) is 23.6 Å². The number of ether oxygens (including phenoxy) is 1. The van der Waals surface area contributed by atoms with Gasteiger partial charge in [-0.15, -0.1) is 24.8 Å². The third kappa shape index (κ3) is 5.21. The van der Waals surface area contributed by atoms with Gasteiger partial charge < -0.3 is 19.9 Å². The third-order valence-corrected chi connectivity index (χ3v) is 3.66. The number of hydrogen-bond acceptors (Lipinski definition) is 4. The van der Waals surface area contributed by atoms with Crippen molar-refractivity contribution in [3.05, 3.63) is 36.7 Å². The van der Waals surface area contributed by atoms with Crippen molar-refractivity contribution >= 4 is 36.4 Å². The van der Waals surface area contributed by atoms with Crippen LogP contribution in [0.3, 0.4) is 0 Å². The van der Waals surface area contributed by atoms with Gasteiger partial charge in [-0.1, -0.05) is 12.1 Å². The highest BCUT2D eigenvalue weighted by Gasteiger charge is 2.17. The smallest absolute Gasteiger partial charge is 0.226 e. The van der Waals surface area contributed by atoms with E-state index >= 15 is 0 Å². The minimum absolute atomic E-state index is 0. The Morgan fingerprint density at radius 3 is 2.96 bits per heavy atom. The average Bonchev–Trinajstić information content (AvgIpc) is 2.94. The van der Waals surface area contributed by atoms with Crippen molar-refractivity contribution < 1.29 is 9.53 Å². The van der Waals surface area contributed by atoms with Crippen molar-refractivity contribution in [2.24, 2.45) is 7.05 Å². The third-order valence-electron chi connectivity index (χ3n) is 3.66. The predicted octanol–water partition coefficient (Wildman–Crippen LogP) is 2.25. The molecule has 0 saturated carbocycles. The van der Waals surface area contributed by atoms with Gasteiger partial charge in [0.1, 0.15) is 5.82 Å². The fourth-order valence-corrected chi connectivity index (χ4v) is 2.57. The summed E-state index contributed by atoms with van der Waals surface area (Å²) in [4.78, 5) is 16.4. The van der Waals surface area contributed by atoms with E-state index in [9.17, 15) is 4.79 Å². The molecule has 1 aliphatic heterocycles. The maximum absolute atomic E-state index is 12.1. The van der Waals surface area contributed by atoms with Crippen molar-refractivity contribution in [1.29, 1.82) is 0 Å². The maximum atomic E-state index is 12.1. The van der Waals surface area contributed by atoms with Gasteiger partial charge in [0.05, 0.1) is 13.2 Å². The lowest BCUT2D eigenvalue weighted by atomic mass is 10.1. The highest BCUT2D eigenvalue weighted by atomic mass is 35.5. The van der Waals surface area contributed by atoms with Crippen molar-refractivity contribution in [2.75, 3.05) is 25.1 Å². The quantitative estimate of drug-likeness (QED) is 0.863. The lowest BCUT2D eigenvalue weighted by molar-refractivity contribution is -0.117. The molecular formula is C16H22Cl2N4O2. The number of benzene rings is 1. The van der Waals surface area contributed by atoms with Gasteiger partial charge in [0, 0.05) is 49.7 Å². The lowest BCUT2D eigenvalue weighted by Crippen LogP contribution is -2.43. The fraction of sp³-hybridized carbons (Fsp3) is 0.375. The van der Waals surface area contributed by atoms with Crippen molar-refractivity contribution in [2.45, 2.75) is 12.5 Å². The zero-order chi connectivity index (χ0) is 15.4. The molecule has 1 unspecified atom stereocenters. The number of aryl methyl sites for hydroxylation is 1. The zero-order valence-corrected chi connectivity index (χ0v) is 15.0. The molecule has 1 aliphatic rings. The molecule has 132 valence electrons. The Balaban J connectivity index is 0.00000144. The van der Waals surface area contributed by atoms with Gasteiger partial charge in [-0.25, -0.2) is 4.98 Å². The summed E-state index contributed by atoms with van der Waals surface area (Å²) < 4.78 is 7.31. The van der Waals surface area contributed by atoms with Crippen LogP contribution in [0.25, 0.3) is 11.4 Å². The van der Waals surface area contributed by atoms with Crippen LogP contribution in [0.2, 0.25) is 0 Å². The highest BCUT2D eigenvalue weighted by molar-refractivity contribution is 5.91. The Bertz CT molecular complexity index is 657. The van der Waals surface area contributed by atoms with E-state index in [1.54, 1.807) is 6.20 Å². The molecule has 1 aromatic carbocycles. The van der Waals surface area contributed by atoms with E-state index in [1.165, 1.54) is 0 Å². The van der Waals surface area contributed by atoms with Gasteiger partial charge in [-0.2, -0.15) is 0 Å². The van der Waals surface area contributed by atoms with Crippen LogP contribution in [0.15, 0.2) is 36.7 Å². The topological polar surface area (TPSA) is 68.2 Å². The molecule has 24 heavy (non-hydrogen) atoms. The second-order valence-corrected chi connectivity index (χ2v) is 5.42. The first-order valence-corrected chi connectivity index (χ1v) is 7.41. The lowest BCUT2D eigenvalue weighted by Gasteiger charge is -2.23. The Kier molecular flexibility index (Phi) is 8.21. The molecule has 1 aromatic heterocycles. The molecule has 1 amide bonds. The SMILES string of the molecule is Cl.Cl.Cn1ccnc1-c1cccc(NC(=O)CC2COCCN2)c1. The number of amides is 1. The normalized spacial score (nSPS) is 16.6. The number of rotatable bonds is 4. The van der Waals surface area contributed by atoms with E-state index in [1.807, 2.05) is 42.1 Å². The van der Waals surface area contributed by atoms with Crippen molar-refractivity contribution in [3.63, 3.8) is 0 Å². The highest BCUT2D eigenvalue weighted by Crippen LogP contribution is 2.20. The number of aromatic nitrogens is 2. The zero-order valence-electron chi connectivity index (χ0n) is 13.4. The largest absolute Gasteiger partial charge is 0.378 e. The molecule has 1 atom stereocenters. The summed E-state index contributed by atoms with van der Waals surface area (Å²) in [5.74, 6) is 0.860.